The van der Waals surface area contributed by atoms with Gasteiger partial charge in [-0.25, -0.2) is 4.79 Å². The molecule has 2 N–H and O–H groups in total. The first kappa shape index (κ1) is 18.3. The third-order valence-corrected chi connectivity index (χ3v) is 2.70. The highest BCUT2D eigenvalue weighted by Gasteiger charge is 2.26. The Morgan fingerprint density at radius 3 is 2.41 bits per heavy atom. The van der Waals surface area contributed by atoms with Crippen molar-refractivity contribution in [1.29, 1.82) is 0 Å². The predicted octanol–water partition coefficient (Wildman–Crippen LogP) is 2.62. The standard InChI is InChI=1S/C15H22F2N2O3/c1-14(2,3)22-13(21)19-11(9-20)7-10-5-6-12(18-8-10)15(4,16)17/h5-6,8,11,20H,7,9H2,1-4H3,(H,19,21)/t11-/m0/s1. The van der Waals surface area contributed by atoms with Crippen LogP contribution in [-0.2, 0) is 17.1 Å². The van der Waals surface area contributed by atoms with Crippen LogP contribution in [0, 0.1) is 0 Å². The number of alkyl carbamates (subject to hydrolysis) is 1. The number of carbonyl (C=O) groups is 1. The highest BCUT2D eigenvalue weighted by atomic mass is 19.3. The highest BCUT2D eigenvalue weighted by molar-refractivity contribution is 5.68. The Hall–Kier alpha value is -1.76. The number of aliphatic hydroxyl groups excluding tert-OH is 1. The molecular weight excluding hydrogens is 294 g/mol. The molecule has 1 amide bonds. The summed E-state index contributed by atoms with van der Waals surface area (Å²) < 4.78 is 31.2. The van der Waals surface area contributed by atoms with Crippen molar-refractivity contribution >= 4 is 6.09 Å². The van der Waals surface area contributed by atoms with Crippen molar-refractivity contribution in [2.24, 2.45) is 0 Å². The molecule has 1 heterocycles. The van der Waals surface area contributed by atoms with Crippen LogP contribution < -0.4 is 5.32 Å². The van der Waals surface area contributed by atoms with Crippen LogP contribution in [0.5, 0.6) is 0 Å². The lowest BCUT2D eigenvalue weighted by Crippen LogP contribution is -2.42. The second-order valence-corrected chi connectivity index (χ2v) is 6.17. The third kappa shape index (κ3) is 6.34. The topological polar surface area (TPSA) is 71.5 Å². The van der Waals surface area contributed by atoms with E-state index in [9.17, 15) is 18.7 Å². The van der Waals surface area contributed by atoms with E-state index < -0.39 is 23.7 Å². The first-order valence-corrected chi connectivity index (χ1v) is 6.95. The van der Waals surface area contributed by atoms with Crippen molar-refractivity contribution in [3.63, 3.8) is 0 Å². The zero-order chi connectivity index (χ0) is 17.0. The zero-order valence-electron chi connectivity index (χ0n) is 13.2. The van der Waals surface area contributed by atoms with E-state index in [4.69, 9.17) is 4.74 Å². The largest absolute Gasteiger partial charge is 0.444 e. The van der Waals surface area contributed by atoms with Crippen LogP contribution in [-0.4, -0.2) is 34.4 Å². The Labute approximate surface area is 128 Å². The van der Waals surface area contributed by atoms with Crippen LogP contribution >= 0.6 is 0 Å². The van der Waals surface area contributed by atoms with E-state index >= 15 is 0 Å². The lowest BCUT2D eigenvalue weighted by Gasteiger charge is -2.22. The van der Waals surface area contributed by atoms with Crippen molar-refractivity contribution in [3.05, 3.63) is 29.6 Å². The van der Waals surface area contributed by atoms with Gasteiger partial charge < -0.3 is 15.2 Å². The molecule has 124 valence electrons. The van der Waals surface area contributed by atoms with Gasteiger partial charge in [0.15, 0.2) is 0 Å². The van der Waals surface area contributed by atoms with Crippen LogP contribution in [0.4, 0.5) is 13.6 Å². The normalized spacial score (nSPS) is 13.6. The van der Waals surface area contributed by atoms with Crippen molar-refractivity contribution in [1.82, 2.24) is 10.3 Å². The molecule has 1 atom stereocenters. The molecular formula is C15H22F2N2O3. The van der Waals surface area contributed by atoms with Crippen LogP contribution in [0.25, 0.3) is 0 Å². The maximum absolute atomic E-state index is 13.1. The SMILES string of the molecule is CC(C)(C)OC(=O)N[C@H](CO)Cc1ccc(C(C)(F)F)nc1. The molecule has 0 aromatic carbocycles. The summed E-state index contributed by atoms with van der Waals surface area (Å²) in [7, 11) is 0. The van der Waals surface area contributed by atoms with Gasteiger partial charge in [0.05, 0.1) is 12.6 Å². The molecule has 1 aromatic heterocycles. The molecule has 0 aliphatic rings. The number of pyridine rings is 1. The summed E-state index contributed by atoms with van der Waals surface area (Å²) >= 11 is 0. The average molecular weight is 316 g/mol. The van der Waals surface area contributed by atoms with Crippen molar-refractivity contribution < 1.29 is 23.4 Å². The number of alkyl halides is 2. The average Bonchev–Trinajstić information content (AvgIpc) is 2.35. The molecule has 0 radical (unpaired) electrons. The number of hydrogen-bond donors (Lipinski definition) is 2. The van der Waals surface area contributed by atoms with Gasteiger partial charge in [-0.15, -0.1) is 0 Å². The molecule has 0 unspecified atom stereocenters. The first-order chi connectivity index (χ1) is 10.0. The quantitative estimate of drug-likeness (QED) is 0.876. The second-order valence-electron chi connectivity index (χ2n) is 6.17. The number of amides is 1. The van der Waals surface area contributed by atoms with Gasteiger partial charge >= 0.3 is 6.09 Å². The summed E-state index contributed by atoms with van der Waals surface area (Å²) in [5.41, 5.74) is -0.333. The van der Waals surface area contributed by atoms with E-state index in [1.165, 1.54) is 18.3 Å². The van der Waals surface area contributed by atoms with E-state index in [1.54, 1.807) is 20.8 Å². The lowest BCUT2D eigenvalue weighted by atomic mass is 10.1. The molecule has 7 heteroatoms. The van der Waals surface area contributed by atoms with Gasteiger partial charge in [-0.3, -0.25) is 4.98 Å². The van der Waals surface area contributed by atoms with E-state index in [0.717, 1.165) is 6.92 Å². The van der Waals surface area contributed by atoms with Crippen molar-refractivity contribution in [2.45, 2.75) is 51.7 Å². The Morgan fingerprint density at radius 1 is 1.36 bits per heavy atom. The number of halogens is 2. The van der Waals surface area contributed by atoms with E-state index in [-0.39, 0.29) is 18.7 Å². The number of rotatable bonds is 5. The fourth-order valence-electron chi connectivity index (χ4n) is 1.72. The minimum Gasteiger partial charge on any atom is -0.444 e. The number of ether oxygens (including phenoxy) is 1. The number of aromatic nitrogens is 1. The van der Waals surface area contributed by atoms with Gasteiger partial charge in [-0.2, -0.15) is 8.78 Å². The number of aliphatic hydroxyl groups is 1. The maximum atomic E-state index is 13.1. The van der Waals surface area contributed by atoms with Crippen LogP contribution in [0.2, 0.25) is 0 Å². The fraction of sp³-hybridized carbons (Fsp3) is 0.600. The second kappa shape index (κ2) is 7.00. The first-order valence-electron chi connectivity index (χ1n) is 6.95. The van der Waals surface area contributed by atoms with Crippen molar-refractivity contribution in [2.75, 3.05) is 6.61 Å². The molecule has 1 rings (SSSR count). The summed E-state index contributed by atoms with van der Waals surface area (Å²) in [5, 5.41) is 11.8. The Kier molecular flexibility index (Phi) is 5.82. The Morgan fingerprint density at radius 2 is 2.00 bits per heavy atom. The minimum atomic E-state index is -3.00. The maximum Gasteiger partial charge on any atom is 0.407 e. The summed E-state index contributed by atoms with van der Waals surface area (Å²) in [6.07, 6.45) is 0.932. The molecule has 1 aromatic rings. The van der Waals surface area contributed by atoms with Gasteiger partial charge in [0.1, 0.15) is 11.3 Å². The molecule has 22 heavy (non-hydrogen) atoms. The van der Waals surface area contributed by atoms with Crippen LogP contribution in [0.3, 0.4) is 0 Å². The van der Waals surface area contributed by atoms with Gasteiger partial charge in [0.2, 0.25) is 0 Å². The summed E-state index contributed by atoms with van der Waals surface area (Å²) in [4.78, 5) is 15.3. The molecule has 0 aliphatic heterocycles. The zero-order valence-corrected chi connectivity index (χ0v) is 13.2. The summed E-state index contributed by atoms with van der Waals surface area (Å²) in [5.74, 6) is -3.00. The Balaban J connectivity index is 2.65. The van der Waals surface area contributed by atoms with Gasteiger partial charge in [0, 0.05) is 13.1 Å². The lowest BCUT2D eigenvalue weighted by molar-refractivity contribution is 0.0127. The number of nitrogens with zero attached hydrogens (tertiary/aromatic N) is 1. The monoisotopic (exact) mass is 316 g/mol. The third-order valence-electron chi connectivity index (χ3n) is 2.70. The van der Waals surface area contributed by atoms with E-state index in [1.807, 2.05) is 0 Å². The summed E-state index contributed by atoms with van der Waals surface area (Å²) in [6, 6.07) is 2.15. The fourth-order valence-corrected chi connectivity index (χ4v) is 1.72. The van der Waals surface area contributed by atoms with Crippen molar-refractivity contribution in [3.8, 4) is 0 Å². The molecule has 0 saturated carbocycles. The predicted molar refractivity (Wildman–Crippen MR) is 77.8 cm³/mol. The van der Waals surface area contributed by atoms with Crippen LogP contribution in [0.1, 0.15) is 39.0 Å². The van der Waals surface area contributed by atoms with E-state index in [2.05, 4.69) is 10.3 Å². The number of hydrogen-bond acceptors (Lipinski definition) is 4. The molecule has 0 saturated heterocycles. The molecule has 0 spiro atoms. The number of nitrogens with one attached hydrogen (secondary N) is 1. The number of carbonyl (C=O) groups excluding carboxylic acids is 1. The minimum absolute atomic E-state index is 0.262. The van der Waals surface area contributed by atoms with Gasteiger partial charge in [-0.1, -0.05) is 6.07 Å². The Bertz CT molecular complexity index is 493. The van der Waals surface area contributed by atoms with Gasteiger partial charge in [0.25, 0.3) is 5.92 Å². The van der Waals surface area contributed by atoms with E-state index in [0.29, 0.717) is 5.56 Å². The molecule has 0 bridgehead atoms. The summed E-state index contributed by atoms with van der Waals surface area (Å²) in [6.45, 7) is 5.66. The molecule has 5 nitrogen and oxygen atoms in total. The molecule has 0 aliphatic carbocycles. The molecule has 0 fully saturated rings. The van der Waals surface area contributed by atoms with Crippen LogP contribution in [0.15, 0.2) is 18.3 Å². The van der Waals surface area contributed by atoms with Gasteiger partial charge in [-0.05, 0) is 38.8 Å². The smallest absolute Gasteiger partial charge is 0.407 e. The highest BCUT2D eigenvalue weighted by Crippen LogP contribution is 2.24.